The van der Waals surface area contributed by atoms with E-state index in [1.807, 2.05) is 30.6 Å². The lowest BCUT2D eigenvalue weighted by atomic mass is 9.95. The Hall–Kier alpha value is -2.84. The van der Waals surface area contributed by atoms with Gasteiger partial charge in [0.2, 0.25) is 0 Å². The number of hydrogen-bond donors (Lipinski definition) is 3. The molecular formula is C20H23N5O2S. The SMILES string of the molecule is COc1csc(-c2cc(NC(=O)NCc3cccc4c3CCNC4)n(C)n2)c1. The number of carbonyl (C=O) groups excluding carboxylic acids is 1. The predicted molar refractivity (Wildman–Crippen MR) is 111 cm³/mol. The molecule has 0 saturated heterocycles. The summed E-state index contributed by atoms with van der Waals surface area (Å²) in [6.45, 7) is 2.37. The first-order valence-corrected chi connectivity index (χ1v) is 10.0. The van der Waals surface area contributed by atoms with Crippen LogP contribution in [0.15, 0.2) is 35.7 Å². The molecule has 7 nitrogen and oxygen atoms in total. The molecule has 4 rings (SSSR count). The van der Waals surface area contributed by atoms with E-state index < -0.39 is 0 Å². The smallest absolute Gasteiger partial charge is 0.320 e. The van der Waals surface area contributed by atoms with E-state index in [1.165, 1.54) is 16.7 Å². The van der Waals surface area contributed by atoms with E-state index in [4.69, 9.17) is 4.74 Å². The number of benzene rings is 1. The fraction of sp³-hybridized carbons (Fsp3) is 0.300. The summed E-state index contributed by atoms with van der Waals surface area (Å²) in [5.41, 5.74) is 4.63. The van der Waals surface area contributed by atoms with E-state index in [0.29, 0.717) is 12.4 Å². The molecule has 3 aromatic rings. The molecular weight excluding hydrogens is 374 g/mol. The number of thiophene rings is 1. The number of rotatable bonds is 5. The van der Waals surface area contributed by atoms with Gasteiger partial charge in [0.05, 0.1) is 12.0 Å². The highest BCUT2D eigenvalue weighted by Gasteiger charge is 2.14. The van der Waals surface area contributed by atoms with Gasteiger partial charge in [-0.15, -0.1) is 11.3 Å². The van der Waals surface area contributed by atoms with Gasteiger partial charge in [0, 0.05) is 37.6 Å². The van der Waals surface area contributed by atoms with Crippen molar-refractivity contribution >= 4 is 23.2 Å². The van der Waals surface area contributed by atoms with Gasteiger partial charge < -0.3 is 15.4 Å². The average molecular weight is 398 g/mol. The van der Waals surface area contributed by atoms with Crippen LogP contribution in [0.1, 0.15) is 16.7 Å². The van der Waals surface area contributed by atoms with Gasteiger partial charge in [-0.05, 0) is 29.7 Å². The number of carbonyl (C=O) groups is 1. The van der Waals surface area contributed by atoms with Crippen LogP contribution in [-0.2, 0) is 26.6 Å². The third-order valence-corrected chi connectivity index (χ3v) is 5.79. The monoisotopic (exact) mass is 397 g/mol. The molecule has 8 heteroatoms. The molecule has 0 saturated carbocycles. The zero-order valence-corrected chi connectivity index (χ0v) is 16.7. The summed E-state index contributed by atoms with van der Waals surface area (Å²) in [7, 11) is 3.45. The molecule has 28 heavy (non-hydrogen) atoms. The molecule has 1 aliphatic rings. The van der Waals surface area contributed by atoms with Gasteiger partial charge >= 0.3 is 6.03 Å². The molecule has 1 aliphatic heterocycles. The Kier molecular flexibility index (Phi) is 5.31. The summed E-state index contributed by atoms with van der Waals surface area (Å²) in [6, 6.07) is 9.82. The van der Waals surface area contributed by atoms with Crippen molar-refractivity contribution in [3.8, 4) is 16.3 Å². The van der Waals surface area contributed by atoms with E-state index in [0.717, 1.165) is 35.8 Å². The van der Waals surface area contributed by atoms with Crippen molar-refractivity contribution in [2.24, 2.45) is 7.05 Å². The lowest BCUT2D eigenvalue weighted by Gasteiger charge is -2.20. The van der Waals surface area contributed by atoms with Crippen molar-refractivity contribution in [2.45, 2.75) is 19.5 Å². The first kappa shape index (κ1) is 18.5. The summed E-state index contributed by atoms with van der Waals surface area (Å²) < 4.78 is 6.89. The number of nitrogens with one attached hydrogen (secondary N) is 3. The van der Waals surface area contributed by atoms with Gasteiger partial charge in [-0.25, -0.2) is 4.79 Å². The van der Waals surface area contributed by atoms with Gasteiger partial charge in [0.25, 0.3) is 0 Å². The second-order valence-electron chi connectivity index (χ2n) is 6.68. The Morgan fingerprint density at radius 2 is 2.29 bits per heavy atom. The molecule has 0 bridgehead atoms. The number of methoxy groups -OCH3 is 1. The van der Waals surface area contributed by atoms with Crippen molar-refractivity contribution in [3.05, 3.63) is 52.4 Å². The van der Waals surface area contributed by atoms with Crippen LogP contribution in [0.5, 0.6) is 5.75 Å². The van der Waals surface area contributed by atoms with Crippen LogP contribution in [0.4, 0.5) is 10.6 Å². The maximum absolute atomic E-state index is 12.4. The van der Waals surface area contributed by atoms with Crippen molar-refractivity contribution in [1.82, 2.24) is 20.4 Å². The molecule has 0 unspecified atom stereocenters. The summed E-state index contributed by atoms with van der Waals surface area (Å²) in [5.74, 6) is 1.44. The van der Waals surface area contributed by atoms with Crippen molar-refractivity contribution in [2.75, 3.05) is 19.0 Å². The molecule has 1 aromatic carbocycles. The highest BCUT2D eigenvalue weighted by molar-refractivity contribution is 7.13. The summed E-state index contributed by atoms with van der Waals surface area (Å²) in [6.07, 6.45) is 0.990. The predicted octanol–water partition coefficient (Wildman–Crippen LogP) is 3.12. The van der Waals surface area contributed by atoms with Crippen LogP contribution in [0.2, 0.25) is 0 Å². The number of aromatic nitrogens is 2. The van der Waals surface area contributed by atoms with Crippen LogP contribution in [0.25, 0.3) is 10.6 Å². The second kappa shape index (κ2) is 8.04. The zero-order valence-electron chi connectivity index (χ0n) is 15.9. The quantitative estimate of drug-likeness (QED) is 0.618. The second-order valence-corrected chi connectivity index (χ2v) is 7.59. The van der Waals surface area contributed by atoms with E-state index in [-0.39, 0.29) is 6.03 Å². The Morgan fingerprint density at radius 1 is 1.39 bits per heavy atom. The largest absolute Gasteiger partial charge is 0.496 e. The van der Waals surface area contributed by atoms with Crippen LogP contribution in [0.3, 0.4) is 0 Å². The maximum Gasteiger partial charge on any atom is 0.320 e. The third-order valence-electron chi connectivity index (χ3n) is 4.86. The summed E-state index contributed by atoms with van der Waals surface area (Å²) in [4.78, 5) is 13.4. The van der Waals surface area contributed by atoms with E-state index >= 15 is 0 Å². The van der Waals surface area contributed by atoms with Gasteiger partial charge in [-0.3, -0.25) is 10.00 Å². The lowest BCUT2D eigenvalue weighted by molar-refractivity contribution is 0.251. The van der Waals surface area contributed by atoms with Gasteiger partial charge in [-0.1, -0.05) is 18.2 Å². The van der Waals surface area contributed by atoms with Crippen LogP contribution in [-0.4, -0.2) is 29.5 Å². The maximum atomic E-state index is 12.4. The topological polar surface area (TPSA) is 80.2 Å². The first-order chi connectivity index (χ1) is 13.6. The standard InChI is InChI=1S/C20H23N5O2S/c1-25-19(9-17(24-25)18-8-15(27-2)12-28-18)23-20(26)22-11-14-5-3-4-13-10-21-7-6-16(13)14/h3-5,8-9,12,21H,6-7,10-11H2,1-2H3,(H2,22,23,26). The van der Waals surface area contributed by atoms with Gasteiger partial charge in [0.15, 0.2) is 0 Å². The molecule has 0 atom stereocenters. The zero-order chi connectivity index (χ0) is 19.5. The van der Waals surface area contributed by atoms with E-state index in [2.05, 4.69) is 33.2 Å². The number of urea groups is 1. The molecule has 0 spiro atoms. The number of amides is 2. The van der Waals surface area contributed by atoms with Crippen molar-refractivity contribution in [1.29, 1.82) is 0 Å². The van der Waals surface area contributed by atoms with Gasteiger partial charge in [0.1, 0.15) is 17.3 Å². The normalized spacial score (nSPS) is 13.1. The average Bonchev–Trinajstić information content (AvgIpc) is 3.33. The fourth-order valence-electron chi connectivity index (χ4n) is 3.38. The molecule has 3 N–H and O–H groups in total. The Bertz CT molecular complexity index is 994. The molecule has 146 valence electrons. The highest BCUT2D eigenvalue weighted by Crippen LogP contribution is 2.31. The van der Waals surface area contributed by atoms with E-state index in [1.54, 1.807) is 23.1 Å². The number of ether oxygens (including phenoxy) is 1. The highest BCUT2D eigenvalue weighted by atomic mass is 32.1. The van der Waals surface area contributed by atoms with Crippen LogP contribution in [0, 0.1) is 0 Å². The molecule has 2 aromatic heterocycles. The van der Waals surface area contributed by atoms with Crippen LogP contribution < -0.4 is 20.7 Å². The minimum atomic E-state index is -0.246. The lowest BCUT2D eigenvalue weighted by Crippen LogP contribution is -2.30. The Labute approximate surface area is 167 Å². The number of hydrogen-bond acceptors (Lipinski definition) is 5. The summed E-state index contributed by atoms with van der Waals surface area (Å²) >= 11 is 1.55. The van der Waals surface area contributed by atoms with Gasteiger partial charge in [-0.2, -0.15) is 5.10 Å². The first-order valence-electron chi connectivity index (χ1n) is 9.16. The fourth-order valence-corrected chi connectivity index (χ4v) is 4.19. The minimum absolute atomic E-state index is 0.246. The Morgan fingerprint density at radius 3 is 3.11 bits per heavy atom. The number of nitrogens with zero attached hydrogens (tertiary/aromatic N) is 2. The Balaban J connectivity index is 1.40. The molecule has 0 radical (unpaired) electrons. The number of aryl methyl sites for hydroxylation is 1. The molecule has 3 heterocycles. The number of anilines is 1. The minimum Gasteiger partial charge on any atom is -0.496 e. The third kappa shape index (κ3) is 3.88. The van der Waals surface area contributed by atoms with Crippen molar-refractivity contribution < 1.29 is 9.53 Å². The molecule has 0 fully saturated rings. The molecule has 2 amide bonds. The van der Waals surface area contributed by atoms with E-state index in [9.17, 15) is 4.79 Å². The van der Waals surface area contributed by atoms with Crippen molar-refractivity contribution in [3.63, 3.8) is 0 Å². The van der Waals surface area contributed by atoms with Crippen LogP contribution >= 0.6 is 11.3 Å². The molecule has 0 aliphatic carbocycles. The summed E-state index contributed by atoms with van der Waals surface area (Å²) in [5, 5.41) is 15.6. The number of fused-ring (bicyclic) bond motifs is 1.